The van der Waals surface area contributed by atoms with Crippen LogP contribution in [0.1, 0.15) is 0 Å². The van der Waals surface area contributed by atoms with Crippen molar-refractivity contribution in [1.82, 2.24) is 0 Å². The van der Waals surface area contributed by atoms with Crippen molar-refractivity contribution in [2.75, 3.05) is 0 Å². The van der Waals surface area contributed by atoms with Crippen LogP contribution in [0.15, 0.2) is 109 Å². The molecule has 6 rings (SSSR count). The molecule has 0 fully saturated rings. The minimum Gasteiger partial charge on any atom is -0.508 e. The summed E-state index contributed by atoms with van der Waals surface area (Å²) in [6, 6.07) is 33.3. The smallest absolute Gasteiger partial charge is 0.115 e. The maximum atomic E-state index is 8.65. The van der Waals surface area contributed by atoms with Crippen molar-refractivity contribution in [3.8, 4) is 23.0 Å². The van der Waals surface area contributed by atoms with E-state index >= 15 is 0 Å². The van der Waals surface area contributed by atoms with Gasteiger partial charge in [-0.2, -0.15) is 0 Å². The van der Waals surface area contributed by atoms with Gasteiger partial charge < -0.3 is 20.4 Å². The van der Waals surface area contributed by atoms with Gasteiger partial charge in [-0.15, -0.1) is 0 Å². The van der Waals surface area contributed by atoms with Crippen molar-refractivity contribution in [3.63, 3.8) is 0 Å². The summed E-state index contributed by atoms with van der Waals surface area (Å²) < 4.78 is 0. The summed E-state index contributed by atoms with van der Waals surface area (Å²) in [5.41, 5.74) is 0. The third-order valence-corrected chi connectivity index (χ3v) is 5.09. The fraction of sp³-hybridized carbons (Fsp3) is 0. The summed E-state index contributed by atoms with van der Waals surface area (Å²) in [5, 5.41) is 42.7. The number of hydrogen-bond acceptors (Lipinski definition) is 4. The number of aromatic hydroxyl groups is 4. The Labute approximate surface area is 185 Å². The zero-order valence-electron chi connectivity index (χ0n) is 17.2. The summed E-state index contributed by atoms with van der Waals surface area (Å²) in [4.78, 5) is 0. The monoisotopic (exact) mass is 422 g/mol. The van der Waals surface area contributed by atoms with E-state index in [1.807, 2.05) is 0 Å². The van der Waals surface area contributed by atoms with Crippen LogP contribution in [0, 0.1) is 0 Å². The van der Waals surface area contributed by atoms with Crippen molar-refractivity contribution in [2.45, 2.75) is 0 Å². The summed E-state index contributed by atoms with van der Waals surface area (Å²) in [7, 11) is 0. The molecule has 4 heteroatoms. The van der Waals surface area contributed by atoms with Gasteiger partial charge >= 0.3 is 0 Å². The van der Waals surface area contributed by atoms with Gasteiger partial charge in [-0.25, -0.2) is 0 Å². The van der Waals surface area contributed by atoms with E-state index in [1.165, 1.54) is 80.8 Å². The zero-order chi connectivity index (χ0) is 22.5. The highest BCUT2D eigenvalue weighted by Crippen LogP contribution is 2.33. The second kappa shape index (κ2) is 9.14. The van der Waals surface area contributed by atoms with Crippen LogP contribution in [0.2, 0.25) is 0 Å². The van der Waals surface area contributed by atoms with Gasteiger partial charge in [-0.05, 0) is 80.8 Å². The van der Waals surface area contributed by atoms with Gasteiger partial charge in [0.05, 0.1) is 0 Å². The third kappa shape index (κ3) is 4.65. The summed E-state index contributed by atoms with van der Waals surface area (Å²) >= 11 is 0. The summed E-state index contributed by atoms with van der Waals surface area (Å²) in [6.07, 6.45) is 0. The van der Waals surface area contributed by atoms with Crippen molar-refractivity contribution >= 4 is 32.3 Å². The largest absolute Gasteiger partial charge is 0.508 e. The fourth-order valence-corrected chi connectivity index (χ4v) is 3.57. The molecule has 0 amide bonds. The standard InChI is InChI=1S/C16H10.2C6H6O2/c1-3-11-7-9-13-5-2-6-14-10-8-12(4-1)15(11)16(13)14;2*7-5-1-2-6(8)4-3-5/h1-10H;2*1-4,7-8H. The number of benzene rings is 6. The number of rotatable bonds is 0. The van der Waals surface area contributed by atoms with Gasteiger partial charge in [-0.1, -0.05) is 60.7 Å². The van der Waals surface area contributed by atoms with Crippen molar-refractivity contribution < 1.29 is 20.4 Å². The van der Waals surface area contributed by atoms with Gasteiger partial charge in [-0.3, -0.25) is 0 Å². The first kappa shape index (κ1) is 20.8. The maximum Gasteiger partial charge on any atom is 0.115 e. The Kier molecular flexibility index (Phi) is 5.95. The molecule has 32 heavy (non-hydrogen) atoms. The second-order valence-corrected chi connectivity index (χ2v) is 7.32. The molecule has 0 unspecified atom stereocenters. The number of phenolic OH excluding ortho intramolecular Hbond substituents is 4. The Morgan fingerprint density at radius 2 is 0.500 bits per heavy atom. The average molecular weight is 422 g/mol. The van der Waals surface area contributed by atoms with Crippen LogP contribution >= 0.6 is 0 Å². The highest BCUT2D eigenvalue weighted by atomic mass is 16.3. The predicted octanol–water partition coefficient (Wildman–Crippen LogP) is 6.78. The first-order chi connectivity index (χ1) is 15.5. The van der Waals surface area contributed by atoms with Crippen LogP contribution in [-0.4, -0.2) is 20.4 Å². The van der Waals surface area contributed by atoms with Crippen LogP contribution in [-0.2, 0) is 0 Å². The van der Waals surface area contributed by atoms with Gasteiger partial charge in [0.2, 0.25) is 0 Å². The zero-order valence-corrected chi connectivity index (χ0v) is 17.2. The molecule has 0 bridgehead atoms. The lowest BCUT2D eigenvalue weighted by atomic mass is 9.95. The normalized spacial score (nSPS) is 10.4. The van der Waals surface area contributed by atoms with E-state index in [-0.39, 0.29) is 23.0 Å². The van der Waals surface area contributed by atoms with Gasteiger partial charge in [0.15, 0.2) is 0 Å². The molecular weight excluding hydrogens is 400 g/mol. The lowest BCUT2D eigenvalue weighted by Gasteiger charge is -2.09. The van der Waals surface area contributed by atoms with Crippen LogP contribution in [0.25, 0.3) is 32.3 Å². The van der Waals surface area contributed by atoms with E-state index in [0.29, 0.717) is 0 Å². The van der Waals surface area contributed by atoms with Crippen molar-refractivity contribution in [1.29, 1.82) is 0 Å². The Bertz CT molecular complexity index is 1220. The molecule has 4 nitrogen and oxygen atoms in total. The molecule has 158 valence electrons. The lowest BCUT2D eigenvalue weighted by molar-refractivity contribution is 0.460. The van der Waals surface area contributed by atoms with Gasteiger partial charge in [0, 0.05) is 0 Å². The molecule has 4 N–H and O–H groups in total. The third-order valence-electron chi connectivity index (χ3n) is 5.09. The first-order valence-electron chi connectivity index (χ1n) is 10.1. The SMILES string of the molecule is Oc1ccc(O)cc1.Oc1ccc(O)cc1.c1cc2ccc3cccc4ccc(c1)c2c34. The van der Waals surface area contributed by atoms with Crippen LogP contribution in [0.4, 0.5) is 0 Å². The van der Waals surface area contributed by atoms with E-state index in [4.69, 9.17) is 20.4 Å². The van der Waals surface area contributed by atoms with Crippen LogP contribution < -0.4 is 0 Å². The van der Waals surface area contributed by atoms with Crippen molar-refractivity contribution in [3.05, 3.63) is 109 Å². The van der Waals surface area contributed by atoms with Gasteiger partial charge in [0.1, 0.15) is 23.0 Å². The minimum atomic E-state index is 0.169. The predicted molar refractivity (Wildman–Crippen MR) is 130 cm³/mol. The molecule has 6 aromatic carbocycles. The van der Waals surface area contributed by atoms with E-state index in [9.17, 15) is 0 Å². The van der Waals surface area contributed by atoms with Crippen molar-refractivity contribution in [2.24, 2.45) is 0 Å². The number of phenols is 4. The van der Waals surface area contributed by atoms with E-state index in [1.54, 1.807) is 0 Å². The summed E-state index contributed by atoms with van der Waals surface area (Å²) in [5.74, 6) is 0.677. The summed E-state index contributed by atoms with van der Waals surface area (Å²) in [6.45, 7) is 0. The molecule has 0 aromatic heterocycles. The Morgan fingerprint density at radius 3 is 0.719 bits per heavy atom. The van der Waals surface area contributed by atoms with E-state index in [2.05, 4.69) is 60.7 Å². The van der Waals surface area contributed by atoms with E-state index in [0.717, 1.165) is 0 Å². The van der Waals surface area contributed by atoms with E-state index < -0.39 is 0 Å². The minimum absolute atomic E-state index is 0.169. The molecule has 0 heterocycles. The van der Waals surface area contributed by atoms with Gasteiger partial charge in [0.25, 0.3) is 0 Å². The molecule has 0 saturated heterocycles. The quantitative estimate of drug-likeness (QED) is 0.161. The fourth-order valence-electron chi connectivity index (χ4n) is 3.57. The molecule has 0 aliphatic heterocycles. The maximum absolute atomic E-state index is 8.65. The average Bonchev–Trinajstić information content (AvgIpc) is 2.82. The molecule has 0 aliphatic rings. The first-order valence-corrected chi connectivity index (χ1v) is 10.1. The molecular formula is C28H22O4. The Hall–Kier alpha value is -4.44. The molecule has 6 aromatic rings. The highest BCUT2D eigenvalue weighted by Gasteiger charge is 2.05. The lowest BCUT2D eigenvalue weighted by Crippen LogP contribution is -1.82. The topological polar surface area (TPSA) is 80.9 Å². The molecule has 0 saturated carbocycles. The second-order valence-electron chi connectivity index (χ2n) is 7.32. The highest BCUT2D eigenvalue weighted by molar-refractivity contribution is 6.22. The Morgan fingerprint density at radius 1 is 0.281 bits per heavy atom. The number of hydrogen-bond donors (Lipinski definition) is 4. The molecule has 0 spiro atoms. The van der Waals surface area contributed by atoms with Crippen LogP contribution in [0.5, 0.6) is 23.0 Å². The Balaban J connectivity index is 0.000000130. The molecule has 0 aliphatic carbocycles. The molecule has 0 radical (unpaired) electrons. The molecule has 0 atom stereocenters. The van der Waals surface area contributed by atoms with Crippen LogP contribution in [0.3, 0.4) is 0 Å².